The van der Waals surface area contributed by atoms with Gasteiger partial charge in [0.1, 0.15) is 5.60 Å². The molecule has 15 heavy (non-hydrogen) atoms. The monoisotopic (exact) mass is 219 g/mol. The molecule has 6 nitrogen and oxygen atoms in total. The number of carbonyl (C=O) groups excluding carboxylic acids is 1. The van der Waals surface area contributed by atoms with Crippen LogP contribution in [0.25, 0.3) is 0 Å². The summed E-state index contributed by atoms with van der Waals surface area (Å²) in [5, 5.41) is 9.38. The third-order valence-corrected chi connectivity index (χ3v) is 1.48. The minimum absolute atomic E-state index is 0.674. The van der Waals surface area contributed by atoms with Crippen molar-refractivity contribution in [1.29, 1.82) is 0 Å². The van der Waals surface area contributed by atoms with Crippen LogP contribution >= 0.6 is 0 Å². The molecule has 0 aliphatic rings. The molecule has 0 bridgehead atoms. The maximum atomic E-state index is 11.5. The van der Waals surface area contributed by atoms with Crippen LogP contribution in [-0.4, -0.2) is 41.0 Å². The van der Waals surface area contributed by atoms with E-state index in [1.165, 1.54) is 14.0 Å². The fraction of sp³-hybridized carbons (Fsp3) is 0.778. The lowest BCUT2D eigenvalue weighted by molar-refractivity contribution is -0.173. The van der Waals surface area contributed by atoms with E-state index < -0.39 is 23.7 Å². The highest BCUT2D eigenvalue weighted by Crippen LogP contribution is 2.12. The molecule has 0 heterocycles. The first kappa shape index (κ1) is 13.7. The van der Waals surface area contributed by atoms with Crippen LogP contribution in [-0.2, 0) is 14.4 Å². The van der Waals surface area contributed by atoms with Crippen molar-refractivity contribution in [2.75, 3.05) is 7.11 Å². The number of hydrogen-bond donors (Lipinski definition) is 1. The van der Waals surface area contributed by atoms with Gasteiger partial charge in [-0.15, -0.1) is 0 Å². The Labute approximate surface area is 88.7 Å². The van der Waals surface area contributed by atoms with E-state index in [2.05, 4.69) is 4.84 Å². The Bertz CT molecular complexity index is 245. The first-order chi connectivity index (χ1) is 6.69. The van der Waals surface area contributed by atoms with Crippen LogP contribution in [0, 0.1) is 0 Å². The summed E-state index contributed by atoms with van der Waals surface area (Å²) >= 11 is 0. The number of hydroxylamine groups is 2. The largest absolute Gasteiger partial charge is 0.480 e. The zero-order valence-corrected chi connectivity index (χ0v) is 9.60. The van der Waals surface area contributed by atoms with E-state index in [1.54, 1.807) is 20.8 Å². The van der Waals surface area contributed by atoms with Gasteiger partial charge in [-0.05, 0) is 27.7 Å². The van der Waals surface area contributed by atoms with E-state index >= 15 is 0 Å². The first-order valence-electron chi connectivity index (χ1n) is 4.48. The van der Waals surface area contributed by atoms with Gasteiger partial charge in [0.2, 0.25) is 0 Å². The molecule has 0 aromatic carbocycles. The van der Waals surface area contributed by atoms with E-state index in [0.29, 0.717) is 5.06 Å². The Balaban J connectivity index is 4.55. The van der Waals surface area contributed by atoms with Crippen molar-refractivity contribution in [3.05, 3.63) is 0 Å². The van der Waals surface area contributed by atoms with Crippen LogP contribution in [0.5, 0.6) is 0 Å². The Morgan fingerprint density at radius 3 is 2.07 bits per heavy atom. The number of ether oxygens (including phenoxy) is 1. The number of hydrogen-bond acceptors (Lipinski definition) is 4. The second-order valence-electron chi connectivity index (χ2n) is 4.00. The zero-order valence-electron chi connectivity index (χ0n) is 9.60. The van der Waals surface area contributed by atoms with Crippen molar-refractivity contribution >= 4 is 12.1 Å². The van der Waals surface area contributed by atoms with Gasteiger partial charge in [-0.2, -0.15) is 5.06 Å². The average Bonchev–Trinajstić information content (AvgIpc) is 2.01. The highest BCUT2D eigenvalue weighted by molar-refractivity contribution is 5.78. The standard InChI is InChI=1S/C9H17NO5/c1-6(7(11)12)10(14-5)8(13)15-9(2,3)4/h6H,1-5H3,(H,11,12)/t6-/m1/s1. The summed E-state index contributed by atoms with van der Waals surface area (Å²) in [5.41, 5.74) is -0.688. The van der Waals surface area contributed by atoms with Gasteiger partial charge in [0.15, 0.2) is 6.04 Å². The lowest BCUT2D eigenvalue weighted by Gasteiger charge is -2.27. The summed E-state index contributed by atoms with van der Waals surface area (Å²) in [7, 11) is 1.21. The summed E-state index contributed by atoms with van der Waals surface area (Å²) in [6, 6.07) is -1.09. The van der Waals surface area contributed by atoms with Crippen molar-refractivity contribution in [2.45, 2.75) is 39.3 Å². The Morgan fingerprint density at radius 2 is 1.80 bits per heavy atom. The minimum Gasteiger partial charge on any atom is -0.480 e. The second kappa shape index (κ2) is 4.97. The summed E-state index contributed by atoms with van der Waals surface area (Å²) in [6.07, 6.45) is -0.820. The number of carboxylic acids is 1. The number of aliphatic carboxylic acids is 1. The lowest BCUT2D eigenvalue weighted by Crippen LogP contribution is -2.44. The molecule has 1 atom stereocenters. The second-order valence-corrected chi connectivity index (χ2v) is 4.00. The molecule has 1 N–H and O–H groups in total. The molecule has 0 aliphatic heterocycles. The van der Waals surface area contributed by atoms with Crippen LogP contribution < -0.4 is 0 Å². The van der Waals surface area contributed by atoms with Crippen LogP contribution in [0.2, 0.25) is 0 Å². The molecular formula is C9H17NO5. The molecule has 0 rings (SSSR count). The quantitative estimate of drug-likeness (QED) is 0.723. The highest BCUT2D eigenvalue weighted by Gasteiger charge is 2.30. The van der Waals surface area contributed by atoms with Crippen molar-refractivity contribution in [1.82, 2.24) is 5.06 Å². The van der Waals surface area contributed by atoms with Gasteiger partial charge < -0.3 is 9.84 Å². The predicted octanol–water partition coefficient (Wildman–Crippen LogP) is 1.26. The van der Waals surface area contributed by atoms with Crippen LogP contribution in [0.4, 0.5) is 4.79 Å². The third kappa shape index (κ3) is 4.64. The van der Waals surface area contributed by atoms with Gasteiger partial charge >= 0.3 is 12.1 Å². The molecule has 0 saturated heterocycles. The van der Waals surface area contributed by atoms with Crippen LogP contribution in [0.1, 0.15) is 27.7 Å². The summed E-state index contributed by atoms with van der Waals surface area (Å²) < 4.78 is 4.96. The smallest absolute Gasteiger partial charge is 0.435 e. The zero-order chi connectivity index (χ0) is 12.2. The average molecular weight is 219 g/mol. The SMILES string of the molecule is CON(C(=O)OC(C)(C)C)[C@H](C)C(=O)O. The van der Waals surface area contributed by atoms with Gasteiger partial charge in [0.25, 0.3) is 0 Å². The Kier molecular flexibility index (Phi) is 4.54. The normalized spacial score (nSPS) is 13.1. The number of amides is 1. The predicted molar refractivity (Wildman–Crippen MR) is 52.2 cm³/mol. The van der Waals surface area contributed by atoms with Crippen molar-refractivity contribution in [3.8, 4) is 0 Å². The van der Waals surface area contributed by atoms with E-state index in [9.17, 15) is 9.59 Å². The minimum atomic E-state index is -1.16. The van der Waals surface area contributed by atoms with E-state index in [0.717, 1.165) is 0 Å². The van der Waals surface area contributed by atoms with Gasteiger partial charge in [-0.3, -0.25) is 4.84 Å². The fourth-order valence-corrected chi connectivity index (χ4v) is 0.798. The maximum absolute atomic E-state index is 11.5. The molecule has 0 aromatic rings. The molecule has 1 amide bonds. The molecule has 0 saturated carbocycles. The molecule has 0 unspecified atom stereocenters. The van der Waals surface area contributed by atoms with Gasteiger partial charge in [0.05, 0.1) is 7.11 Å². The molecule has 6 heteroatoms. The Hall–Kier alpha value is -1.30. The molecule has 0 radical (unpaired) electrons. The van der Waals surface area contributed by atoms with E-state index in [1.807, 2.05) is 0 Å². The Morgan fingerprint density at radius 1 is 1.33 bits per heavy atom. The van der Waals surface area contributed by atoms with Crippen molar-refractivity contribution in [2.24, 2.45) is 0 Å². The van der Waals surface area contributed by atoms with Gasteiger partial charge in [-0.25, -0.2) is 9.59 Å². The molecule has 0 aromatic heterocycles. The molecule has 0 fully saturated rings. The molecule has 88 valence electrons. The summed E-state index contributed by atoms with van der Waals surface area (Å²) in [4.78, 5) is 26.8. The number of carbonyl (C=O) groups is 2. The number of nitrogens with zero attached hydrogens (tertiary/aromatic N) is 1. The van der Waals surface area contributed by atoms with Crippen molar-refractivity contribution in [3.63, 3.8) is 0 Å². The highest BCUT2D eigenvalue weighted by atomic mass is 16.7. The van der Waals surface area contributed by atoms with Crippen molar-refractivity contribution < 1.29 is 24.3 Å². The van der Waals surface area contributed by atoms with E-state index in [4.69, 9.17) is 9.84 Å². The van der Waals surface area contributed by atoms with Crippen LogP contribution in [0.3, 0.4) is 0 Å². The maximum Gasteiger partial charge on any atom is 0.435 e. The first-order valence-corrected chi connectivity index (χ1v) is 4.48. The van der Waals surface area contributed by atoms with E-state index in [-0.39, 0.29) is 0 Å². The van der Waals surface area contributed by atoms with Crippen LogP contribution in [0.15, 0.2) is 0 Å². The number of rotatable bonds is 3. The lowest BCUT2D eigenvalue weighted by atomic mass is 10.2. The molecule has 0 aliphatic carbocycles. The molecule has 0 spiro atoms. The molecular weight excluding hydrogens is 202 g/mol. The fourth-order valence-electron chi connectivity index (χ4n) is 0.798. The number of carboxylic acid groups (broad SMARTS) is 1. The summed E-state index contributed by atoms with van der Waals surface area (Å²) in [5.74, 6) is -1.16. The van der Waals surface area contributed by atoms with Gasteiger partial charge in [0, 0.05) is 0 Å². The third-order valence-electron chi connectivity index (χ3n) is 1.48. The summed E-state index contributed by atoms with van der Waals surface area (Å²) in [6.45, 7) is 6.38. The topological polar surface area (TPSA) is 76.1 Å². The van der Waals surface area contributed by atoms with Gasteiger partial charge in [-0.1, -0.05) is 0 Å².